The first kappa shape index (κ1) is 35.5. The van der Waals surface area contributed by atoms with E-state index in [2.05, 4.69) is 51.7 Å². The van der Waals surface area contributed by atoms with Crippen LogP contribution in [-0.2, 0) is 22.5 Å². The van der Waals surface area contributed by atoms with E-state index in [0.29, 0.717) is 19.6 Å². The van der Waals surface area contributed by atoms with E-state index in [1.165, 1.54) is 0 Å². The molecular weight excluding hydrogens is 660 g/mol. The number of nitrogens with zero attached hydrogens (tertiary/aromatic N) is 5. The Hall–Kier alpha value is -3.90. The zero-order valence-corrected chi connectivity index (χ0v) is 31.0. The number of carbonyl (C=O) groups excluding carboxylic acids is 1. The number of ether oxygens (including phenoxy) is 1. The highest BCUT2D eigenvalue weighted by atomic mass is 28.4. The summed E-state index contributed by atoms with van der Waals surface area (Å²) in [6, 6.07) is 28.5. The molecule has 5 atom stereocenters. The summed E-state index contributed by atoms with van der Waals surface area (Å²) in [7, 11) is -3.05. The van der Waals surface area contributed by atoms with Crippen LogP contribution in [0.25, 0.3) is 0 Å². The highest BCUT2D eigenvalue weighted by Gasteiger charge is 2.53. The lowest BCUT2D eigenvalue weighted by molar-refractivity contribution is -0.122. The summed E-state index contributed by atoms with van der Waals surface area (Å²) in [4.78, 5) is 18.5. The molecule has 0 aliphatic carbocycles. The molecule has 3 saturated heterocycles. The molecule has 1 aromatic heterocycles. The van der Waals surface area contributed by atoms with Crippen molar-refractivity contribution in [3.05, 3.63) is 108 Å². The Morgan fingerprint density at radius 3 is 2.39 bits per heavy atom. The molecular formula is C40H51FN6O3Si. The third kappa shape index (κ3) is 7.26. The van der Waals surface area contributed by atoms with Gasteiger partial charge in [-0.3, -0.25) is 14.4 Å². The summed E-state index contributed by atoms with van der Waals surface area (Å²) in [6.07, 6.45) is 5.39. The first-order valence-corrected chi connectivity index (χ1v) is 21.5. The van der Waals surface area contributed by atoms with Gasteiger partial charge in [0, 0.05) is 29.7 Å². The maximum atomic E-state index is 15.9. The monoisotopic (exact) mass is 710 g/mol. The second-order valence-electron chi connectivity index (χ2n) is 15.1. The topological polar surface area (TPSA) is 95.8 Å². The van der Waals surface area contributed by atoms with Gasteiger partial charge in [0.05, 0.1) is 37.1 Å². The molecule has 0 radical (unpaired) electrons. The maximum absolute atomic E-state index is 15.9. The number of nitrogens with one attached hydrogen (secondary N) is 1. The SMILES string of the molecule is C[C@H]1[C@H]([Si](C)(C)F)[C@@H](CCn2cc(C(CO)c3ccccc3)nn2)O[C@H]1CCc1cccc(N2CN(c3ccccc3)C3(CCNCC3)C2=O)c1. The minimum absolute atomic E-state index is 0.0563. The lowest BCUT2D eigenvalue weighted by Gasteiger charge is -2.39. The molecule has 1 unspecified atom stereocenters. The minimum Gasteiger partial charge on any atom is -0.395 e. The third-order valence-corrected chi connectivity index (χ3v) is 14.0. The molecule has 11 heteroatoms. The number of rotatable bonds is 12. The van der Waals surface area contributed by atoms with E-state index in [-0.39, 0.29) is 42.1 Å². The summed E-state index contributed by atoms with van der Waals surface area (Å²) in [5.74, 6) is 0.0185. The van der Waals surface area contributed by atoms with Crippen LogP contribution >= 0.6 is 0 Å². The first-order valence-electron chi connectivity index (χ1n) is 18.5. The van der Waals surface area contributed by atoms with Crippen LogP contribution in [0.1, 0.15) is 55.3 Å². The normalized spacial score (nSPS) is 24.1. The zero-order valence-electron chi connectivity index (χ0n) is 30.0. The Morgan fingerprint density at radius 2 is 1.69 bits per heavy atom. The van der Waals surface area contributed by atoms with Gasteiger partial charge in [0.15, 0.2) is 0 Å². The Morgan fingerprint density at radius 1 is 0.980 bits per heavy atom. The van der Waals surface area contributed by atoms with E-state index in [0.717, 1.165) is 67.0 Å². The van der Waals surface area contributed by atoms with Crippen molar-refractivity contribution in [3.63, 3.8) is 0 Å². The van der Waals surface area contributed by atoms with E-state index in [4.69, 9.17) is 4.74 Å². The molecule has 51 heavy (non-hydrogen) atoms. The highest BCUT2D eigenvalue weighted by Crippen LogP contribution is 2.47. The molecule has 3 aromatic carbocycles. The number of para-hydroxylation sites is 1. The van der Waals surface area contributed by atoms with Gasteiger partial charge in [0.1, 0.15) is 5.54 Å². The summed E-state index contributed by atoms with van der Waals surface area (Å²) < 4.78 is 24.4. The fraction of sp³-hybridized carbons (Fsp3) is 0.475. The molecule has 3 fully saturated rings. The van der Waals surface area contributed by atoms with E-state index >= 15 is 4.11 Å². The van der Waals surface area contributed by atoms with Crippen molar-refractivity contribution in [3.8, 4) is 0 Å². The van der Waals surface area contributed by atoms with E-state index in [1.54, 1.807) is 17.8 Å². The average Bonchev–Trinajstić information content (AvgIpc) is 3.82. The van der Waals surface area contributed by atoms with Crippen molar-refractivity contribution in [1.82, 2.24) is 20.3 Å². The van der Waals surface area contributed by atoms with Crippen molar-refractivity contribution in [2.24, 2.45) is 5.92 Å². The van der Waals surface area contributed by atoms with E-state index < -0.39 is 13.9 Å². The van der Waals surface area contributed by atoms with Crippen LogP contribution in [0, 0.1) is 5.92 Å². The molecule has 2 N–H and O–H groups in total. The van der Waals surface area contributed by atoms with Gasteiger partial charge >= 0.3 is 0 Å². The van der Waals surface area contributed by atoms with Gasteiger partial charge in [-0.2, -0.15) is 0 Å². The van der Waals surface area contributed by atoms with Gasteiger partial charge in [-0.25, -0.2) is 0 Å². The van der Waals surface area contributed by atoms with Crippen LogP contribution in [0.5, 0.6) is 0 Å². The molecule has 0 bridgehead atoms. The molecule has 0 saturated carbocycles. The Balaban J connectivity index is 1.02. The van der Waals surface area contributed by atoms with Gasteiger partial charge in [0.25, 0.3) is 5.91 Å². The number of carbonyl (C=O) groups is 1. The molecule has 4 heterocycles. The number of anilines is 2. The van der Waals surface area contributed by atoms with Crippen molar-refractivity contribution in [2.75, 3.05) is 36.2 Å². The standard InChI is InChI=1S/C40H51FN6O3Si/c1-29-36(50-37(38(29)51(2,3)41)19-24-45-26-35(43-44-45)34(27-48)31-12-6-4-7-13-31)18-17-30-11-10-16-33(25-30)46-28-47(32-14-8-5-9-15-32)40(39(46)49)20-22-42-23-21-40/h4-16,25-26,29,34,36-38,42,48H,17-24,27-28H2,1-3H3/t29-,34?,36+,37-,38+/m1/s1. The predicted molar refractivity (Wildman–Crippen MR) is 201 cm³/mol. The van der Waals surface area contributed by atoms with Crippen LogP contribution in [-0.4, -0.2) is 78.5 Å². The highest BCUT2D eigenvalue weighted by molar-refractivity contribution is 6.72. The largest absolute Gasteiger partial charge is 0.395 e. The third-order valence-electron chi connectivity index (χ3n) is 11.5. The number of aromatic nitrogens is 3. The number of aryl methyl sites for hydroxylation is 2. The maximum Gasteiger partial charge on any atom is 0.254 e. The van der Waals surface area contributed by atoms with Crippen LogP contribution in [0.4, 0.5) is 15.5 Å². The van der Waals surface area contributed by atoms with Crippen molar-refractivity contribution >= 4 is 25.7 Å². The summed E-state index contributed by atoms with van der Waals surface area (Å²) in [6.45, 7) is 8.43. The second kappa shape index (κ2) is 15.0. The number of aliphatic hydroxyl groups excluding tert-OH is 1. The van der Waals surface area contributed by atoms with Crippen LogP contribution in [0.2, 0.25) is 18.6 Å². The fourth-order valence-electron chi connectivity index (χ4n) is 8.90. The Kier molecular flexibility index (Phi) is 10.4. The fourth-order valence-corrected chi connectivity index (χ4v) is 11.5. The van der Waals surface area contributed by atoms with Crippen LogP contribution in [0.15, 0.2) is 91.1 Å². The molecule has 3 aliphatic rings. The number of benzene rings is 3. The van der Waals surface area contributed by atoms with Crippen LogP contribution in [0.3, 0.4) is 0 Å². The minimum atomic E-state index is -3.05. The number of halogens is 1. The molecule has 270 valence electrons. The van der Waals surface area contributed by atoms with Gasteiger partial charge < -0.3 is 24.2 Å². The summed E-state index contributed by atoms with van der Waals surface area (Å²) in [5.41, 5.74) is 4.19. The van der Waals surface area contributed by atoms with Gasteiger partial charge in [0.2, 0.25) is 8.41 Å². The molecule has 3 aliphatic heterocycles. The lowest BCUT2D eigenvalue weighted by atomic mass is 9.86. The molecule has 9 nitrogen and oxygen atoms in total. The Labute approximate surface area is 302 Å². The Bertz CT molecular complexity index is 1760. The van der Waals surface area contributed by atoms with Crippen molar-refractivity contribution in [1.29, 1.82) is 0 Å². The van der Waals surface area contributed by atoms with Gasteiger partial charge in [-0.15, -0.1) is 5.10 Å². The molecule has 1 amide bonds. The zero-order chi connectivity index (χ0) is 35.6. The summed E-state index contributed by atoms with van der Waals surface area (Å²) >= 11 is 0. The number of hydrogen-bond donors (Lipinski definition) is 2. The number of piperidine rings is 1. The average molecular weight is 711 g/mol. The molecule has 7 rings (SSSR count). The van der Waals surface area contributed by atoms with Gasteiger partial charge in [-0.1, -0.05) is 72.8 Å². The summed E-state index contributed by atoms with van der Waals surface area (Å²) in [5, 5.41) is 22.3. The number of hydrogen-bond acceptors (Lipinski definition) is 7. The predicted octanol–water partition coefficient (Wildman–Crippen LogP) is 6.31. The number of aliphatic hydroxyl groups is 1. The molecule has 4 aromatic rings. The molecule has 1 spiro atoms. The smallest absolute Gasteiger partial charge is 0.254 e. The quantitative estimate of drug-likeness (QED) is 0.132. The number of amides is 1. The van der Waals surface area contributed by atoms with Crippen molar-refractivity contribution in [2.45, 2.75) is 87.9 Å². The second-order valence-corrected chi connectivity index (χ2v) is 18.9. The van der Waals surface area contributed by atoms with Crippen LogP contribution < -0.4 is 15.1 Å². The van der Waals surface area contributed by atoms with Crippen molar-refractivity contribution < 1.29 is 18.7 Å². The van der Waals surface area contributed by atoms with Gasteiger partial charge in [-0.05, 0) is 99.6 Å². The van der Waals surface area contributed by atoms with E-state index in [1.807, 2.05) is 71.8 Å². The first-order chi connectivity index (χ1) is 24.7. The van der Waals surface area contributed by atoms with E-state index in [9.17, 15) is 9.90 Å². The lowest BCUT2D eigenvalue weighted by Crippen LogP contribution is -2.55.